The molecule has 0 aliphatic rings. The van der Waals surface area contributed by atoms with Gasteiger partial charge in [0.15, 0.2) is 0 Å². The van der Waals surface area contributed by atoms with Crippen molar-refractivity contribution in [2.45, 2.75) is 36.5 Å². The first-order chi connectivity index (χ1) is 22.7. The van der Waals surface area contributed by atoms with Gasteiger partial charge in [0.2, 0.25) is 34.4 Å². The average Bonchev–Trinajstić information content (AvgIpc) is 3.00. The van der Waals surface area contributed by atoms with Crippen LogP contribution in [0.1, 0.15) is 25.0 Å². The Labute approximate surface area is 285 Å². The highest BCUT2D eigenvalue weighted by molar-refractivity contribution is 7.86. The number of aromatic nitrogens is 6. The van der Waals surface area contributed by atoms with E-state index in [4.69, 9.17) is 23.2 Å². The number of hydrogen-bond acceptors (Lipinski definition) is 14. The number of hydrogen-bond donors (Lipinski definition) is 6. The predicted octanol–water partition coefficient (Wildman–Crippen LogP) is 5.96. The quantitative estimate of drug-likeness (QED) is 0.0812. The van der Waals surface area contributed by atoms with Crippen LogP contribution in [0.5, 0.6) is 0 Å². The molecule has 0 bridgehead atoms. The Hall–Kier alpha value is -4.72. The molecule has 5 rings (SSSR count). The van der Waals surface area contributed by atoms with Crippen LogP contribution in [0.25, 0.3) is 0 Å². The Bertz CT molecular complexity index is 2080. The zero-order valence-electron chi connectivity index (χ0n) is 25.0. The molecular formula is C28H26Cl2N10O6S2. The average molecular weight is 734 g/mol. The van der Waals surface area contributed by atoms with Crippen molar-refractivity contribution in [2.75, 3.05) is 21.3 Å². The Balaban J connectivity index is 1.56. The fourth-order valence-corrected chi connectivity index (χ4v) is 6.19. The van der Waals surface area contributed by atoms with Gasteiger partial charge in [-0.2, -0.15) is 46.7 Å². The lowest BCUT2D eigenvalue weighted by Gasteiger charge is -2.16. The summed E-state index contributed by atoms with van der Waals surface area (Å²) in [7, 11) is -10.2. The normalized spacial score (nSPS) is 11.6. The summed E-state index contributed by atoms with van der Waals surface area (Å²) in [5.41, 5.74) is 2.40. The fourth-order valence-electron chi connectivity index (χ4n) is 4.49. The van der Waals surface area contributed by atoms with E-state index in [0.717, 1.165) is 17.2 Å². The SMILES string of the molecule is CCc1ccccc1Nc1nc(Cl)nc(Nc2cc(Nc3nc(Cl)nc(Nc4ccccc4CC)n3)c(S(=O)(=O)O)cc2S(=O)(=O)O)n1. The van der Waals surface area contributed by atoms with Gasteiger partial charge in [0.05, 0.1) is 11.4 Å². The van der Waals surface area contributed by atoms with Crippen LogP contribution in [-0.2, 0) is 33.1 Å². The number of anilines is 8. The Kier molecular flexibility index (Phi) is 10.2. The van der Waals surface area contributed by atoms with Gasteiger partial charge >= 0.3 is 0 Å². The van der Waals surface area contributed by atoms with Gasteiger partial charge in [-0.15, -0.1) is 0 Å². The van der Waals surface area contributed by atoms with E-state index in [2.05, 4.69) is 51.2 Å². The van der Waals surface area contributed by atoms with Crippen molar-refractivity contribution in [1.29, 1.82) is 0 Å². The summed E-state index contributed by atoms with van der Waals surface area (Å²) in [6, 6.07) is 16.2. The first kappa shape index (κ1) is 34.6. The number of rotatable bonds is 12. The summed E-state index contributed by atoms with van der Waals surface area (Å²) in [4.78, 5) is 22.6. The van der Waals surface area contributed by atoms with E-state index in [-0.39, 0.29) is 34.4 Å². The van der Waals surface area contributed by atoms with Crippen LogP contribution in [-0.4, -0.2) is 55.8 Å². The maximum atomic E-state index is 12.4. The lowest BCUT2D eigenvalue weighted by atomic mass is 10.1. The van der Waals surface area contributed by atoms with Crippen LogP contribution in [0.15, 0.2) is 70.5 Å². The third kappa shape index (κ3) is 8.40. The molecule has 2 aromatic heterocycles. The Morgan fingerprint density at radius 1 is 0.542 bits per heavy atom. The lowest BCUT2D eigenvalue weighted by molar-refractivity contribution is 0.482. The molecule has 48 heavy (non-hydrogen) atoms. The molecule has 0 unspecified atom stereocenters. The topological polar surface area (TPSA) is 234 Å². The molecule has 0 saturated carbocycles. The highest BCUT2D eigenvalue weighted by Crippen LogP contribution is 2.35. The summed E-state index contributed by atoms with van der Waals surface area (Å²) in [5.74, 6) is -0.592. The monoisotopic (exact) mass is 732 g/mol. The zero-order chi connectivity index (χ0) is 34.6. The minimum atomic E-state index is -5.12. The number of para-hydroxylation sites is 2. The van der Waals surface area contributed by atoms with E-state index >= 15 is 0 Å². The molecule has 3 aromatic carbocycles. The maximum Gasteiger partial charge on any atom is 0.296 e. The Morgan fingerprint density at radius 2 is 0.875 bits per heavy atom. The number of nitrogens with zero attached hydrogens (tertiary/aromatic N) is 6. The van der Waals surface area contributed by atoms with Gasteiger partial charge in [-0.05, 0) is 71.4 Å². The van der Waals surface area contributed by atoms with Gasteiger partial charge in [0, 0.05) is 11.4 Å². The molecule has 0 spiro atoms. The van der Waals surface area contributed by atoms with Crippen LogP contribution in [0.2, 0.25) is 10.6 Å². The van der Waals surface area contributed by atoms with E-state index in [1.165, 1.54) is 0 Å². The highest BCUT2D eigenvalue weighted by atomic mass is 35.5. The second-order valence-electron chi connectivity index (χ2n) is 9.82. The summed E-state index contributed by atoms with van der Waals surface area (Å²) >= 11 is 12.3. The molecular weight excluding hydrogens is 707 g/mol. The van der Waals surface area contributed by atoms with Crippen LogP contribution in [0, 0.1) is 0 Å². The van der Waals surface area contributed by atoms with E-state index in [1.807, 2.05) is 38.1 Å². The molecule has 0 atom stereocenters. The van der Waals surface area contributed by atoms with Crippen molar-refractivity contribution in [3.8, 4) is 0 Å². The second kappa shape index (κ2) is 14.2. The molecule has 0 aliphatic heterocycles. The van der Waals surface area contributed by atoms with Crippen molar-refractivity contribution in [2.24, 2.45) is 0 Å². The number of benzene rings is 3. The molecule has 20 heteroatoms. The van der Waals surface area contributed by atoms with Crippen molar-refractivity contribution in [1.82, 2.24) is 29.9 Å². The minimum absolute atomic E-state index is 0.00999. The van der Waals surface area contributed by atoms with E-state index < -0.39 is 41.4 Å². The molecule has 0 radical (unpaired) electrons. The largest absolute Gasteiger partial charge is 0.324 e. The minimum Gasteiger partial charge on any atom is -0.324 e. The van der Waals surface area contributed by atoms with Crippen LogP contribution >= 0.6 is 23.2 Å². The third-order valence-corrected chi connectivity index (χ3v) is 8.76. The van der Waals surface area contributed by atoms with E-state index in [0.29, 0.717) is 30.3 Å². The molecule has 0 amide bonds. The fraction of sp³-hybridized carbons (Fsp3) is 0.143. The zero-order valence-corrected chi connectivity index (χ0v) is 28.1. The highest BCUT2D eigenvalue weighted by Gasteiger charge is 2.26. The van der Waals surface area contributed by atoms with Crippen molar-refractivity contribution in [3.63, 3.8) is 0 Å². The maximum absolute atomic E-state index is 12.4. The number of halogens is 2. The summed E-state index contributed by atoms with van der Waals surface area (Å²) in [6.45, 7) is 3.92. The second-order valence-corrected chi connectivity index (χ2v) is 13.3. The van der Waals surface area contributed by atoms with E-state index in [9.17, 15) is 25.9 Å². The first-order valence-electron chi connectivity index (χ1n) is 13.9. The first-order valence-corrected chi connectivity index (χ1v) is 17.6. The van der Waals surface area contributed by atoms with E-state index in [1.54, 1.807) is 24.3 Å². The molecule has 0 aliphatic carbocycles. The molecule has 2 heterocycles. The standard InChI is InChI=1S/C28H26Cl2N10O6S2/c1-3-15-9-5-7-11-17(15)31-25-35-23(29)37-27(39-25)33-19-13-20(22(48(44,45)46)14-21(19)47(41,42)43)34-28-38-24(30)36-26(40-28)32-18-12-8-6-10-16(18)4-2/h5-14H,3-4H2,1-2H3,(H,41,42,43)(H,44,45,46)(H2,31,33,35,37,39)(H2,32,34,36,38,40). The molecule has 0 fully saturated rings. The predicted molar refractivity (Wildman–Crippen MR) is 181 cm³/mol. The van der Waals surface area contributed by atoms with Crippen LogP contribution in [0.3, 0.4) is 0 Å². The van der Waals surface area contributed by atoms with Gasteiger partial charge in [0.1, 0.15) is 9.79 Å². The van der Waals surface area contributed by atoms with Gasteiger partial charge < -0.3 is 21.3 Å². The van der Waals surface area contributed by atoms with Gasteiger partial charge in [-0.1, -0.05) is 50.2 Å². The van der Waals surface area contributed by atoms with Crippen LogP contribution < -0.4 is 21.3 Å². The van der Waals surface area contributed by atoms with Crippen molar-refractivity contribution >= 4 is 90.0 Å². The van der Waals surface area contributed by atoms with Crippen LogP contribution in [0.4, 0.5) is 46.5 Å². The summed E-state index contributed by atoms with van der Waals surface area (Å²) in [6.07, 6.45) is 1.38. The van der Waals surface area contributed by atoms with Gasteiger partial charge in [-0.3, -0.25) is 9.11 Å². The molecule has 5 aromatic rings. The smallest absolute Gasteiger partial charge is 0.296 e. The number of nitrogens with one attached hydrogen (secondary N) is 4. The number of aryl methyl sites for hydroxylation is 2. The molecule has 0 saturated heterocycles. The van der Waals surface area contributed by atoms with Crippen molar-refractivity contribution in [3.05, 3.63) is 82.4 Å². The van der Waals surface area contributed by atoms with Gasteiger partial charge in [-0.25, -0.2) is 0 Å². The van der Waals surface area contributed by atoms with Crippen molar-refractivity contribution < 1.29 is 25.9 Å². The third-order valence-electron chi connectivity index (χ3n) is 6.64. The summed E-state index contributed by atoms with van der Waals surface area (Å²) < 4.78 is 69.7. The molecule has 16 nitrogen and oxygen atoms in total. The Morgan fingerprint density at radius 3 is 1.21 bits per heavy atom. The molecule has 6 N–H and O–H groups in total. The summed E-state index contributed by atoms with van der Waals surface area (Å²) in [5, 5.41) is 10.7. The molecule has 250 valence electrons. The lowest BCUT2D eigenvalue weighted by Crippen LogP contribution is -2.12. The van der Waals surface area contributed by atoms with Gasteiger partial charge in [0.25, 0.3) is 20.2 Å².